The van der Waals surface area contributed by atoms with E-state index in [1.165, 1.54) is 4.68 Å². The van der Waals surface area contributed by atoms with Gasteiger partial charge in [0, 0.05) is 19.2 Å². The summed E-state index contributed by atoms with van der Waals surface area (Å²) in [5.41, 5.74) is 1.10. The Morgan fingerprint density at radius 1 is 1.45 bits per heavy atom. The summed E-state index contributed by atoms with van der Waals surface area (Å²) in [6, 6.07) is 6.85. The molecular weight excluding hydrogens is 260 g/mol. The van der Waals surface area contributed by atoms with E-state index in [-0.39, 0.29) is 18.0 Å². The van der Waals surface area contributed by atoms with Gasteiger partial charge in [0.25, 0.3) is 0 Å². The maximum Gasteiger partial charge on any atom is 0.333 e. The van der Waals surface area contributed by atoms with E-state index in [1.807, 2.05) is 6.92 Å². The molecule has 0 radical (unpaired) electrons. The summed E-state index contributed by atoms with van der Waals surface area (Å²) in [4.78, 5) is 10.7. The average molecular weight is 276 g/mol. The first-order chi connectivity index (χ1) is 9.54. The third kappa shape index (κ3) is 2.56. The van der Waals surface area contributed by atoms with Crippen LogP contribution in [0.2, 0.25) is 0 Å². The summed E-state index contributed by atoms with van der Waals surface area (Å²) in [7, 11) is 1.65. The number of para-hydroxylation sites is 1. The van der Waals surface area contributed by atoms with E-state index in [9.17, 15) is 15.2 Å². The lowest BCUT2D eigenvalue weighted by Crippen LogP contribution is -2.06. The average Bonchev–Trinajstić information content (AvgIpc) is 2.74. The van der Waals surface area contributed by atoms with Gasteiger partial charge in [0.2, 0.25) is 5.82 Å². The molecule has 0 saturated carbocycles. The van der Waals surface area contributed by atoms with Crippen LogP contribution in [0.1, 0.15) is 18.2 Å². The Labute approximate surface area is 116 Å². The fourth-order valence-electron chi connectivity index (χ4n) is 2.04. The molecule has 7 heteroatoms. The fraction of sp³-hybridized carbons (Fsp3) is 0.308. The fourth-order valence-corrected chi connectivity index (χ4v) is 2.04. The Kier molecular flexibility index (Phi) is 3.88. The number of benzene rings is 1. The van der Waals surface area contributed by atoms with Gasteiger partial charge in [-0.3, -0.25) is 10.1 Å². The number of hydrogen-bond donors (Lipinski definition) is 2. The van der Waals surface area contributed by atoms with Gasteiger partial charge in [-0.2, -0.15) is 5.10 Å². The zero-order chi connectivity index (χ0) is 14.7. The highest BCUT2D eigenvalue weighted by Gasteiger charge is 2.25. The molecule has 0 aliphatic heterocycles. The predicted octanol–water partition coefficient (Wildman–Crippen LogP) is 2.21. The Morgan fingerprint density at radius 2 is 2.15 bits per heavy atom. The molecule has 1 aromatic carbocycles. The number of aromatic nitrogens is 2. The van der Waals surface area contributed by atoms with Gasteiger partial charge in [0.1, 0.15) is 11.4 Å². The highest BCUT2D eigenvalue weighted by molar-refractivity contribution is 5.60. The molecule has 0 saturated heterocycles. The zero-order valence-corrected chi connectivity index (χ0v) is 11.3. The molecule has 0 atom stereocenters. The van der Waals surface area contributed by atoms with Crippen LogP contribution in [-0.4, -0.2) is 19.8 Å². The van der Waals surface area contributed by atoms with Crippen molar-refractivity contribution >= 4 is 11.5 Å². The van der Waals surface area contributed by atoms with Crippen LogP contribution in [-0.2, 0) is 20.0 Å². The molecule has 0 unspecified atom stereocenters. The van der Waals surface area contributed by atoms with Crippen molar-refractivity contribution in [2.24, 2.45) is 7.05 Å². The van der Waals surface area contributed by atoms with E-state index >= 15 is 0 Å². The monoisotopic (exact) mass is 276 g/mol. The Balaban J connectivity index is 2.28. The highest BCUT2D eigenvalue weighted by atomic mass is 16.6. The van der Waals surface area contributed by atoms with Crippen LogP contribution < -0.4 is 5.32 Å². The van der Waals surface area contributed by atoms with Gasteiger partial charge >= 0.3 is 5.69 Å². The summed E-state index contributed by atoms with van der Waals surface area (Å²) in [6.45, 7) is 2.11. The second-order valence-electron chi connectivity index (χ2n) is 4.36. The molecule has 0 aliphatic rings. The van der Waals surface area contributed by atoms with Gasteiger partial charge in [-0.05, 0) is 12.5 Å². The van der Waals surface area contributed by atoms with Crippen LogP contribution in [0.15, 0.2) is 24.3 Å². The molecular formula is C13H16N4O3. The van der Waals surface area contributed by atoms with Gasteiger partial charge in [-0.1, -0.05) is 25.1 Å². The Bertz CT molecular complexity index is 637. The minimum absolute atomic E-state index is 0.00887. The minimum Gasteiger partial charge on any atom is -0.508 e. The SMILES string of the molecule is CCc1nn(C)c(NCc2ccccc2O)c1[N+](=O)[O-]. The van der Waals surface area contributed by atoms with E-state index in [4.69, 9.17) is 0 Å². The van der Waals surface area contributed by atoms with Gasteiger partial charge < -0.3 is 10.4 Å². The number of nitrogens with zero attached hydrogens (tertiary/aromatic N) is 3. The van der Waals surface area contributed by atoms with Crippen molar-refractivity contribution in [2.75, 3.05) is 5.32 Å². The topological polar surface area (TPSA) is 93.2 Å². The van der Waals surface area contributed by atoms with Crippen molar-refractivity contribution in [3.63, 3.8) is 0 Å². The Hall–Kier alpha value is -2.57. The van der Waals surface area contributed by atoms with E-state index < -0.39 is 4.92 Å². The quantitative estimate of drug-likeness (QED) is 0.645. The maximum atomic E-state index is 11.2. The third-order valence-electron chi connectivity index (χ3n) is 3.05. The lowest BCUT2D eigenvalue weighted by Gasteiger charge is -2.07. The van der Waals surface area contributed by atoms with Crippen LogP contribution in [0.25, 0.3) is 0 Å². The summed E-state index contributed by atoms with van der Waals surface area (Å²) < 4.78 is 1.46. The second kappa shape index (κ2) is 5.60. The molecule has 0 amide bonds. The van der Waals surface area contributed by atoms with Crippen molar-refractivity contribution in [3.8, 4) is 5.75 Å². The van der Waals surface area contributed by atoms with Crippen LogP contribution in [0.3, 0.4) is 0 Å². The molecule has 0 fully saturated rings. The maximum absolute atomic E-state index is 11.2. The van der Waals surface area contributed by atoms with Gasteiger partial charge in [0.05, 0.1) is 4.92 Å². The normalized spacial score (nSPS) is 10.5. The summed E-state index contributed by atoms with van der Waals surface area (Å²) in [6.07, 6.45) is 0.489. The Morgan fingerprint density at radius 3 is 2.75 bits per heavy atom. The van der Waals surface area contributed by atoms with Gasteiger partial charge in [-0.25, -0.2) is 4.68 Å². The van der Waals surface area contributed by atoms with Crippen LogP contribution in [0, 0.1) is 10.1 Å². The number of hydrogen-bond acceptors (Lipinski definition) is 5. The first-order valence-electron chi connectivity index (χ1n) is 6.25. The van der Waals surface area contributed by atoms with Crippen molar-refractivity contribution in [3.05, 3.63) is 45.6 Å². The van der Waals surface area contributed by atoms with Crippen molar-refractivity contribution in [1.29, 1.82) is 0 Å². The van der Waals surface area contributed by atoms with Gasteiger partial charge in [0.15, 0.2) is 0 Å². The largest absolute Gasteiger partial charge is 0.508 e. The first-order valence-corrected chi connectivity index (χ1v) is 6.25. The number of nitrogens with one attached hydrogen (secondary N) is 1. The molecule has 20 heavy (non-hydrogen) atoms. The zero-order valence-electron chi connectivity index (χ0n) is 11.3. The van der Waals surface area contributed by atoms with Crippen LogP contribution in [0.4, 0.5) is 11.5 Å². The number of rotatable bonds is 5. The van der Waals surface area contributed by atoms with Crippen molar-refractivity contribution in [1.82, 2.24) is 9.78 Å². The molecule has 7 nitrogen and oxygen atoms in total. The standard InChI is InChI=1S/C13H16N4O3/c1-3-10-12(17(19)20)13(16(2)15-10)14-8-9-6-4-5-7-11(9)18/h4-7,14,18H,3,8H2,1-2H3. The van der Waals surface area contributed by atoms with Crippen LogP contribution >= 0.6 is 0 Å². The molecule has 0 bridgehead atoms. The molecule has 0 aliphatic carbocycles. The second-order valence-corrected chi connectivity index (χ2v) is 4.36. The van der Waals surface area contributed by atoms with Crippen molar-refractivity contribution in [2.45, 2.75) is 19.9 Å². The lowest BCUT2D eigenvalue weighted by atomic mass is 10.2. The van der Waals surface area contributed by atoms with E-state index in [0.717, 1.165) is 0 Å². The lowest BCUT2D eigenvalue weighted by molar-refractivity contribution is -0.384. The number of nitro groups is 1. The third-order valence-corrected chi connectivity index (χ3v) is 3.05. The highest BCUT2D eigenvalue weighted by Crippen LogP contribution is 2.29. The number of aryl methyl sites for hydroxylation is 2. The number of phenolic OH excluding ortho intramolecular Hbond substituents is 1. The number of anilines is 1. The van der Waals surface area contributed by atoms with E-state index in [2.05, 4.69) is 10.4 Å². The van der Waals surface area contributed by atoms with Gasteiger partial charge in [-0.15, -0.1) is 0 Å². The van der Waals surface area contributed by atoms with Crippen molar-refractivity contribution < 1.29 is 10.0 Å². The summed E-state index contributed by atoms with van der Waals surface area (Å²) in [5.74, 6) is 0.496. The smallest absolute Gasteiger partial charge is 0.333 e. The summed E-state index contributed by atoms with van der Waals surface area (Å²) >= 11 is 0. The summed E-state index contributed by atoms with van der Waals surface area (Å²) in [5, 5.41) is 28.0. The predicted molar refractivity (Wildman–Crippen MR) is 74.7 cm³/mol. The van der Waals surface area contributed by atoms with E-state index in [0.29, 0.717) is 23.5 Å². The molecule has 1 aromatic heterocycles. The molecule has 2 rings (SSSR count). The molecule has 2 N–H and O–H groups in total. The molecule has 0 spiro atoms. The molecule has 106 valence electrons. The first kappa shape index (κ1) is 13.9. The molecule has 1 heterocycles. The van der Waals surface area contributed by atoms with E-state index in [1.54, 1.807) is 31.3 Å². The molecule has 2 aromatic rings. The number of aromatic hydroxyl groups is 1. The van der Waals surface area contributed by atoms with Crippen LogP contribution in [0.5, 0.6) is 5.75 Å². The minimum atomic E-state index is -0.432. The number of phenols is 1.